The van der Waals surface area contributed by atoms with Crippen LogP contribution in [-0.2, 0) is 4.74 Å². The van der Waals surface area contributed by atoms with Crippen LogP contribution in [0.4, 0.5) is 0 Å². The van der Waals surface area contributed by atoms with Gasteiger partial charge in [-0.2, -0.15) is 5.26 Å². The van der Waals surface area contributed by atoms with E-state index in [1.807, 2.05) is 36.4 Å². The zero-order chi connectivity index (χ0) is 14.8. The van der Waals surface area contributed by atoms with Gasteiger partial charge in [0.2, 0.25) is 0 Å². The molecule has 0 aliphatic carbocycles. The number of hydrogen-bond donors (Lipinski definition) is 0. The minimum absolute atomic E-state index is 0.318. The lowest BCUT2D eigenvalue weighted by Gasteiger charge is -2.03. The standard InChI is InChI=1S/C17H11NO2S/c1-20-17(19)16-9-14-13(3-2-4-15(14)21-16)12-7-5-11(10-18)6-8-12/h2-9H,1H3. The van der Waals surface area contributed by atoms with E-state index in [9.17, 15) is 4.79 Å². The average Bonchev–Trinajstić information content (AvgIpc) is 2.98. The van der Waals surface area contributed by atoms with Crippen LogP contribution < -0.4 is 0 Å². The van der Waals surface area contributed by atoms with Gasteiger partial charge in [0.15, 0.2) is 0 Å². The predicted octanol–water partition coefficient (Wildman–Crippen LogP) is 4.23. The van der Waals surface area contributed by atoms with Gasteiger partial charge in [-0.15, -0.1) is 11.3 Å². The van der Waals surface area contributed by atoms with E-state index in [0.29, 0.717) is 10.4 Å². The zero-order valence-corrected chi connectivity index (χ0v) is 12.1. The van der Waals surface area contributed by atoms with Crippen LogP contribution in [0.25, 0.3) is 21.2 Å². The van der Waals surface area contributed by atoms with E-state index in [1.54, 1.807) is 12.1 Å². The Morgan fingerprint density at radius 2 is 1.95 bits per heavy atom. The summed E-state index contributed by atoms with van der Waals surface area (Å²) in [5.74, 6) is -0.318. The lowest BCUT2D eigenvalue weighted by atomic mass is 10.0. The fourth-order valence-corrected chi connectivity index (χ4v) is 3.24. The Balaban J connectivity index is 2.15. The molecule has 102 valence electrons. The summed E-state index contributed by atoms with van der Waals surface area (Å²) in [5, 5.41) is 9.88. The van der Waals surface area contributed by atoms with E-state index in [2.05, 4.69) is 6.07 Å². The fraction of sp³-hybridized carbons (Fsp3) is 0.0588. The monoisotopic (exact) mass is 293 g/mol. The van der Waals surface area contributed by atoms with Crippen LogP contribution in [0, 0.1) is 11.3 Å². The maximum absolute atomic E-state index is 11.7. The van der Waals surface area contributed by atoms with Crippen molar-refractivity contribution in [1.29, 1.82) is 5.26 Å². The van der Waals surface area contributed by atoms with Gasteiger partial charge < -0.3 is 4.74 Å². The summed E-state index contributed by atoms with van der Waals surface area (Å²) in [6.45, 7) is 0. The first-order valence-corrected chi connectivity index (χ1v) is 7.16. The van der Waals surface area contributed by atoms with Crippen molar-refractivity contribution in [3.8, 4) is 17.2 Å². The molecular formula is C17H11NO2S. The number of nitriles is 1. The third-order valence-corrected chi connectivity index (χ3v) is 4.35. The number of ether oxygens (including phenoxy) is 1. The molecule has 3 aromatic rings. The maximum atomic E-state index is 11.7. The first-order valence-electron chi connectivity index (χ1n) is 6.34. The number of carbonyl (C=O) groups excluding carboxylic acids is 1. The van der Waals surface area contributed by atoms with E-state index < -0.39 is 0 Å². The number of esters is 1. The molecule has 0 aliphatic heterocycles. The molecule has 0 saturated carbocycles. The van der Waals surface area contributed by atoms with Gasteiger partial charge in [0.05, 0.1) is 18.7 Å². The molecule has 4 heteroatoms. The molecule has 3 rings (SSSR count). The zero-order valence-electron chi connectivity index (χ0n) is 11.3. The molecule has 0 saturated heterocycles. The maximum Gasteiger partial charge on any atom is 0.348 e. The third kappa shape index (κ3) is 2.39. The third-order valence-electron chi connectivity index (χ3n) is 3.27. The molecule has 1 heterocycles. The quantitative estimate of drug-likeness (QED) is 0.664. The number of benzene rings is 2. The summed E-state index contributed by atoms with van der Waals surface area (Å²) in [5.41, 5.74) is 2.70. The minimum atomic E-state index is -0.318. The van der Waals surface area contributed by atoms with Crippen molar-refractivity contribution in [3.05, 3.63) is 59.0 Å². The Hall–Kier alpha value is -2.64. The fourth-order valence-electron chi connectivity index (χ4n) is 2.24. The highest BCUT2D eigenvalue weighted by atomic mass is 32.1. The summed E-state index contributed by atoms with van der Waals surface area (Å²) in [6.07, 6.45) is 0. The van der Waals surface area contributed by atoms with E-state index >= 15 is 0 Å². The second-order valence-electron chi connectivity index (χ2n) is 4.51. The summed E-state index contributed by atoms with van der Waals surface area (Å²) >= 11 is 1.42. The van der Waals surface area contributed by atoms with E-state index in [4.69, 9.17) is 10.00 Å². The topological polar surface area (TPSA) is 50.1 Å². The average molecular weight is 293 g/mol. The van der Waals surface area contributed by atoms with Gasteiger partial charge in [-0.25, -0.2) is 4.79 Å². The Bertz CT molecular complexity index is 857. The van der Waals surface area contributed by atoms with Crippen molar-refractivity contribution in [2.24, 2.45) is 0 Å². The van der Waals surface area contributed by atoms with Crippen LogP contribution in [0.1, 0.15) is 15.2 Å². The summed E-state index contributed by atoms with van der Waals surface area (Å²) < 4.78 is 5.82. The molecule has 2 aromatic carbocycles. The van der Waals surface area contributed by atoms with Crippen molar-refractivity contribution >= 4 is 27.4 Å². The molecule has 3 nitrogen and oxygen atoms in total. The number of fused-ring (bicyclic) bond motifs is 1. The summed E-state index contributed by atoms with van der Waals surface area (Å²) in [4.78, 5) is 12.3. The van der Waals surface area contributed by atoms with Crippen LogP contribution >= 0.6 is 11.3 Å². The first-order chi connectivity index (χ1) is 10.2. The SMILES string of the molecule is COC(=O)c1cc2c(-c3ccc(C#N)cc3)cccc2s1. The molecule has 0 bridgehead atoms. The lowest BCUT2D eigenvalue weighted by Crippen LogP contribution is -1.96. The van der Waals surface area contributed by atoms with Gasteiger partial charge in [-0.3, -0.25) is 0 Å². The highest BCUT2D eigenvalue weighted by Crippen LogP contribution is 2.34. The van der Waals surface area contributed by atoms with Crippen LogP contribution in [0.15, 0.2) is 48.5 Å². The second-order valence-corrected chi connectivity index (χ2v) is 5.59. The molecule has 0 atom stereocenters. The van der Waals surface area contributed by atoms with Crippen LogP contribution in [0.3, 0.4) is 0 Å². The Kier molecular flexibility index (Phi) is 3.43. The smallest absolute Gasteiger partial charge is 0.348 e. The number of methoxy groups -OCH3 is 1. The molecule has 1 aromatic heterocycles. The van der Waals surface area contributed by atoms with Gasteiger partial charge >= 0.3 is 5.97 Å². The predicted molar refractivity (Wildman–Crippen MR) is 83.3 cm³/mol. The van der Waals surface area contributed by atoms with Crippen molar-refractivity contribution in [2.75, 3.05) is 7.11 Å². The van der Waals surface area contributed by atoms with Crippen LogP contribution in [0.2, 0.25) is 0 Å². The summed E-state index contributed by atoms with van der Waals surface area (Å²) in [7, 11) is 1.38. The van der Waals surface area contributed by atoms with Gasteiger partial charge in [-0.05, 0) is 35.4 Å². The highest BCUT2D eigenvalue weighted by molar-refractivity contribution is 7.20. The van der Waals surface area contributed by atoms with Crippen LogP contribution in [0.5, 0.6) is 0 Å². The molecule has 0 radical (unpaired) electrons. The van der Waals surface area contributed by atoms with Crippen molar-refractivity contribution in [1.82, 2.24) is 0 Å². The molecule has 21 heavy (non-hydrogen) atoms. The number of thiophene rings is 1. The molecule has 0 amide bonds. The van der Waals surface area contributed by atoms with E-state index in [0.717, 1.165) is 21.2 Å². The molecular weight excluding hydrogens is 282 g/mol. The lowest BCUT2D eigenvalue weighted by molar-refractivity contribution is 0.0606. The minimum Gasteiger partial charge on any atom is -0.465 e. The largest absolute Gasteiger partial charge is 0.465 e. The first kappa shape index (κ1) is 13.3. The van der Waals surface area contributed by atoms with Crippen molar-refractivity contribution in [3.63, 3.8) is 0 Å². The van der Waals surface area contributed by atoms with Crippen LogP contribution in [-0.4, -0.2) is 13.1 Å². The Morgan fingerprint density at radius 3 is 2.62 bits per heavy atom. The molecule has 0 unspecified atom stereocenters. The molecule has 0 aliphatic rings. The number of nitrogens with zero attached hydrogens (tertiary/aromatic N) is 1. The van der Waals surface area contributed by atoms with Gasteiger partial charge in [-0.1, -0.05) is 24.3 Å². The van der Waals surface area contributed by atoms with Crippen molar-refractivity contribution in [2.45, 2.75) is 0 Å². The van der Waals surface area contributed by atoms with E-state index in [1.165, 1.54) is 18.4 Å². The van der Waals surface area contributed by atoms with E-state index in [-0.39, 0.29) is 5.97 Å². The van der Waals surface area contributed by atoms with Crippen molar-refractivity contribution < 1.29 is 9.53 Å². The normalized spacial score (nSPS) is 10.3. The Labute approximate surface area is 126 Å². The number of rotatable bonds is 2. The number of hydrogen-bond acceptors (Lipinski definition) is 4. The second kappa shape index (κ2) is 5.39. The summed E-state index contributed by atoms with van der Waals surface area (Å²) in [6, 6.07) is 17.4. The highest BCUT2D eigenvalue weighted by Gasteiger charge is 2.13. The molecule has 0 N–H and O–H groups in total. The Morgan fingerprint density at radius 1 is 1.19 bits per heavy atom. The number of carbonyl (C=O) groups is 1. The van der Waals surface area contributed by atoms with Gasteiger partial charge in [0, 0.05) is 10.1 Å². The molecule has 0 spiro atoms. The van der Waals surface area contributed by atoms with Gasteiger partial charge in [0.1, 0.15) is 4.88 Å². The molecule has 0 fully saturated rings. The van der Waals surface area contributed by atoms with Gasteiger partial charge in [0.25, 0.3) is 0 Å².